The Labute approximate surface area is 179 Å². The van der Waals surface area contributed by atoms with E-state index in [1.807, 2.05) is 18.2 Å². The van der Waals surface area contributed by atoms with Crippen molar-refractivity contribution >= 4 is 11.6 Å². The zero-order valence-corrected chi connectivity index (χ0v) is 18.3. The molecule has 0 saturated carbocycles. The third kappa shape index (κ3) is 6.60. The second-order valence-corrected chi connectivity index (χ2v) is 8.41. The largest absolute Gasteiger partial charge is 0.508 e. The van der Waals surface area contributed by atoms with Gasteiger partial charge in [-0.05, 0) is 44.6 Å². The molecule has 1 radical (unpaired) electrons. The van der Waals surface area contributed by atoms with E-state index >= 15 is 0 Å². The number of phenols is 1. The van der Waals surface area contributed by atoms with Crippen LogP contribution in [-0.2, 0) is 23.5 Å². The van der Waals surface area contributed by atoms with Crippen molar-refractivity contribution in [2.75, 3.05) is 66.0 Å². The number of rotatable bonds is 2. The summed E-state index contributed by atoms with van der Waals surface area (Å²) in [5.74, 6) is 0.346. The van der Waals surface area contributed by atoms with Crippen LogP contribution in [0, 0.1) is 0 Å². The number of hydrogen-bond acceptors (Lipinski definition) is 5. The van der Waals surface area contributed by atoms with Gasteiger partial charge in [0, 0.05) is 69.3 Å². The second kappa shape index (κ2) is 11.0. The Balaban J connectivity index is 0.00000261. The summed E-state index contributed by atoms with van der Waals surface area (Å²) in [7, 11) is 2.19. The van der Waals surface area contributed by atoms with E-state index < -0.39 is 5.00 Å². The van der Waals surface area contributed by atoms with Crippen molar-refractivity contribution < 1.29 is 22.2 Å². The molecule has 2 aliphatic heterocycles. The second-order valence-electron chi connectivity index (χ2n) is 7.71. The van der Waals surface area contributed by atoms with Gasteiger partial charge < -0.3 is 20.2 Å². The summed E-state index contributed by atoms with van der Waals surface area (Å²) in [6.07, 6.45) is 2.75. The van der Waals surface area contributed by atoms with Crippen molar-refractivity contribution in [2.24, 2.45) is 0 Å². The van der Waals surface area contributed by atoms with Crippen LogP contribution in [0.2, 0.25) is 0 Å². The van der Waals surface area contributed by atoms with E-state index in [9.17, 15) is 5.11 Å². The van der Waals surface area contributed by atoms with Crippen LogP contribution in [0.25, 0.3) is 0 Å². The van der Waals surface area contributed by atoms with Gasteiger partial charge in [0.05, 0.1) is 0 Å². The summed E-state index contributed by atoms with van der Waals surface area (Å²) >= 11 is 7.30. The van der Waals surface area contributed by atoms with E-state index in [4.69, 9.17) is 11.6 Å². The average Bonchev–Trinajstić information content (AvgIpc) is 2.64. The van der Waals surface area contributed by atoms with Crippen LogP contribution in [0.1, 0.15) is 18.4 Å². The third-order valence-electron chi connectivity index (χ3n) is 5.77. The van der Waals surface area contributed by atoms with E-state index in [2.05, 4.69) is 27.1 Å². The molecule has 5 nitrogen and oxygen atoms in total. The number of aromatic hydroxyl groups is 1. The molecule has 0 amide bonds. The Hall–Kier alpha value is -0.331. The summed E-state index contributed by atoms with van der Waals surface area (Å²) < 4.78 is 0. The molecule has 1 aromatic rings. The Bertz CT molecular complexity index is 579. The normalized spacial score (nSPS) is 31.0. The molecule has 2 N–H and O–H groups in total. The fraction of sp³-hybridized carbons (Fsp3) is 0.700. The standard InChI is InChI=1S/C20H33ClN4O.Mn/c1-23-11-7-20(21,17-18-5-2-3-6-19(18)26)25-12-9-22-8-4-10-24(14-13-23)15-16-25;/h2-3,5-6,22,26H,4,7-17H2,1H3;. The maximum Gasteiger partial charge on any atom is 0.118 e. The number of fused-ring (bicyclic) bond motifs is 3. The van der Waals surface area contributed by atoms with Gasteiger partial charge in [-0.2, -0.15) is 0 Å². The number of hydrogen-bond donors (Lipinski definition) is 2. The molecule has 153 valence electrons. The Morgan fingerprint density at radius 1 is 1.04 bits per heavy atom. The predicted octanol–water partition coefficient (Wildman–Crippen LogP) is 1.80. The number of halogens is 1. The van der Waals surface area contributed by atoms with Crippen LogP contribution >= 0.6 is 11.6 Å². The Kier molecular flexibility index (Phi) is 9.36. The molecule has 3 unspecified atom stereocenters. The summed E-state index contributed by atoms with van der Waals surface area (Å²) in [5, 5.41) is 13.8. The molecular weight excluding hydrogens is 403 g/mol. The van der Waals surface area contributed by atoms with E-state index in [0.717, 1.165) is 70.9 Å². The van der Waals surface area contributed by atoms with Crippen LogP contribution in [0.4, 0.5) is 0 Å². The first-order chi connectivity index (χ1) is 12.6. The minimum Gasteiger partial charge on any atom is -0.508 e. The predicted molar refractivity (Wildman–Crippen MR) is 108 cm³/mol. The quantitative estimate of drug-likeness (QED) is 0.421. The van der Waals surface area contributed by atoms with Crippen LogP contribution in [0.5, 0.6) is 5.75 Å². The molecule has 2 aliphatic rings. The van der Waals surface area contributed by atoms with Gasteiger partial charge in [-0.15, -0.1) is 11.6 Å². The van der Waals surface area contributed by atoms with Crippen LogP contribution in [0.15, 0.2) is 24.3 Å². The first-order valence-electron chi connectivity index (χ1n) is 9.89. The number of likely N-dealkylation sites (N-methyl/N-ethyl adjacent to an activating group) is 1. The molecule has 0 spiro atoms. The van der Waals surface area contributed by atoms with Crippen molar-refractivity contribution in [2.45, 2.75) is 24.3 Å². The monoisotopic (exact) mass is 435 g/mol. The number of para-hydroxylation sites is 1. The SMILES string of the molecule is CN1CCN2CCCNCCN(CC2)C(Cl)(Cc2ccccc2O)CC1.[Mn]. The van der Waals surface area contributed by atoms with Gasteiger partial charge in [-0.25, -0.2) is 0 Å². The molecule has 3 atom stereocenters. The molecule has 2 heterocycles. The van der Waals surface area contributed by atoms with E-state index in [0.29, 0.717) is 12.2 Å². The molecule has 27 heavy (non-hydrogen) atoms. The Morgan fingerprint density at radius 3 is 2.63 bits per heavy atom. The van der Waals surface area contributed by atoms with Crippen LogP contribution in [0.3, 0.4) is 0 Å². The molecule has 2 fully saturated rings. The van der Waals surface area contributed by atoms with Gasteiger partial charge in [-0.1, -0.05) is 18.2 Å². The van der Waals surface area contributed by atoms with Gasteiger partial charge in [-0.3, -0.25) is 4.90 Å². The van der Waals surface area contributed by atoms with E-state index in [-0.39, 0.29) is 17.1 Å². The van der Waals surface area contributed by atoms with E-state index in [1.54, 1.807) is 6.07 Å². The van der Waals surface area contributed by atoms with Gasteiger partial charge in [0.2, 0.25) is 0 Å². The fourth-order valence-electron chi connectivity index (χ4n) is 3.97. The molecular formula is C20H33ClMnN4O. The molecule has 3 rings (SSSR count). The number of nitrogens with one attached hydrogen (secondary N) is 1. The van der Waals surface area contributed by atoms with Crippen LogP contribution < -0.4 is 5.32 Å². The van der Waals surface area contributed by atoms with Crippen LogP contribution in [-0.4, -0.2) is 90.8 Å². The van der Waals surface area contributed by atoms with Crippen molar-refractivity contribution in [1.29, 1.82) is 0 Å². The van der Waals surface area contributed by atoms with Gasteiger partial charge in [0.15, 0.2) is 0 Å². The minimum atomic E-state index is -0.475. The zero-order valence-electron chi connectivity index (χ0n) is 16.3. The smallest absolute Gasteiger partial charge is 0.118 e. The summed E-state index contributed by atoms with van der Waals surface area (Å²) in [6, 6.07) is 7.60. The molecule has 2 saturated heterocycles. The van der Waals surface area contributed by atoms with Crippen molar-refractivity contribution in [1.82, 2.24) is 20.0 Å². The summed E-state index contributed by atoms with van der Waals surface area (Å²) in [4.78, 5) is 6.92. The number of alkyl halides is 1. The molecule has 0 aliphatic carbocycles. The zero-order chi connectivity index (χ0) is 18.4. The van der Waals surface area contributed by atoms with Gasteiger partial charge >= 0.3 is 0 Å². The Morgan fingerprint density at radius 2 is 1.81 bits per heavy atom. The van der Waals surface area contributed by atoms with E-state index in [1.165, 1.54) is 6.42 Å². The number of phenolic OH excluding ortho intramolecular Hbond substituents is 1. The number of benzene rings is 1. The van der Waals surface area contributed by atoms with Gasteiger partial charge in [0.1, 0.15) is 10.7 Å². The molecule has 1 aromatic carbocycles. The fourth-order valence-corrected chi connectivity index (χ4v) is 4.37. The maximum atomic E-state index is 10.3. The van der Waals surface area contributed by atoms with Crippen molar-refractivity contribution in [3.05, 3.63) is 29.8 Å². The van der Waals surface area contributed by atoms with Crippen molar-refractivity contribution in [3.8, 4) is 5.75 Å². The number of nitrogens with zero attached hydrogens (tertiary/aromatic N) is 3. The first-order valence-corrected chi connectivity index (χ1v) is 10.3. The van der Waals surface area contributed by atoms with Gasteiger partial charge in [0.25, 0.3) is 0 Å². The summed E-state index contributed by atoms with van der Waals surface area (Å²) in [5.41, 5.74) is 0.934. The molecule has 0 aromatic heterocycles. The third-order valence-corrected chi connectivity index (χ3v) is 6.33. The molecule has 7 heteroatoms. The van der Waals surface area contributed by atoms with Crippen molar-refractivity contribution in [3.63, 3.8) is 0 Å². The minimum absolute atomic E-state index is 0. The molecule has 2 bridgehead atoms. The maximum absolute atomic E-state index is 10.3. The first kappa shape index (κ1) is 23.0. The summed E-state index contributed by atoms with van der Waals surface area (Å²) in [6.45, 7) is 9.31. The average molecular weight is 436 g/mol. The topological polar surface area (TPSA) is 42.0 Å².